The number of benzene rings is 6. The third kappa shape index (κ3) is 7.32. The minimum Gasteiger partial charge on any atom is -0.473 e. The molecule has 0 fully saturated rings. The lowest BCUT2D eigenvalue weighted by Crippen LogP contribution is -2.33. The van der Waals surface area contributed by atoms with Crippen LogP contribution in [0.15, 0.2) is 121 Å². The molecule has 0 spiro atoms. The summed E-state index contributed by atoms with van der Waals surface area (Å²) in [5.41, 5.74) is 7.12. The summed E-state index contributed by atoms with van der Waals surface area (Å²) in [6.07, 6.45) is 0. The summed E-state index contributed by atoms with van der Waals surface area (Å²) in [4.78, 5) is 11.2. The Morgan fingerprint density at radius 3 is 1.61 bits per heavy atom. The second-order valence-corrected chi connectivity index (χ2v) is 14.2. The zero-order valence-electron chi connectivity index (χ0n) is 31.2. The fourth-order valence-electron chi connectivity index (χ4n) is 7.05. The van der Waals surface area contributed by atoms with Crippen LogP contribution < -0.4 is 28.7 Å². The highest BCUT2D eigenvalue weighted by atomic mass is 16.5. The number of fused-ring (bicyclic) bond motifs is 2. The van der Waals surface area contributed by atoms with Crippen LogP contribution in [0.2, 0.25) is 0 Å². The van der Waals surface area contributed by atoms with Gasteiger partial charge in [0.15, 0.2) is 24.8 Å². The van der Waals surface area contributed by atoms with Gasteiger partial charge in [0, 0.05) is 53.1 Å². The van der Waals surface area contributed by atoms with E-state index in [2.05, 4.69) is 75.8 Å². The van der Waals surface area contributed by atoms with Crippen molar-refractivity contribution in [3.8, 4) is 46.6 Å². The average molecular weight is 747 g/mol. The molecule has 0 aliphatic carbocycles. The smallest absolute Gasteiger partial charge is 0.198 e. The molecule has 2 aliphatic heterocycles. The van der Waals surface area contributed by atoms with Gasteiger partial charge in [-0.1, -0.05) is 44.2 Å². The zero-order valence-corrected chi connectivity index (χ0v) is 31.2. The molecule has 0 N–H and O–H groups in total. The number of rotatable bonds is 8. The van der Waals surface area contributed by atoms with E-state index >= 15 is 0 Å². The summed E-state index contributed by atoms with van der Waals surface area (Å²) in [5.74, 6) is 3.92. The maximum absolute atomic E-state index is 9.43. The molecule has 0 aromatic heterocycles. The maximum atomic E-state index is 9.43. The molecule has 0 radical (unpaired) electrons. The topological polar surface area (TPSA) is 99.7 Å². The Bertz CT molecular complexity index is 2530. The predicted molar refractivity (Wildman–Crippen MR) is 216 cm³/mol. The number of nitrogens with zero attached hydrogens (tertiary/aromatic N) is 6. The lowest BCUT2D eigenvalue weighted by atomic mass is 9.77. The van der Waals surface area contributed by atoms with Crippen molar-refractivity contribution >= 4 is 22.7 Å². The van der Waals surface area contributed by atoms with Crippen molar-refractivity contribution in [2.75, 3.05) is 23.3 Å². The van der Waals surface area contributed by atoms with Gasteiger partial charge in [0.1, 0.15) is 46.6 Å². The first-order valence-corrected chi connectivity index (χ1v) is 18.2. The van der Waals surface area contributed by atoms with Crippen molar-refractivity contribution in [1.82, 2.24) is 0 Å². The van der Waals surface area contributed by atoms with Crippen LogP contribution >= 0.6 is 0 Å². The number of ether oxygens (including phenoxy) is 4. The minimum absolute atomic E-state index is 0.260. The molecule has 0 saturated heterocycles. The predicted octanol–water partition coefficient (Wildman–Crippen LogP) is 11.2. The van der Waals surface area contributed by atoms with Crippen LogP contribution in [0, 0.1) is 35.8 Å². The molecule has 57 heavy (non-hydrogen) atoms. The van der Waals surface area contributed by atoms with Gasteiger partial charge in [0.2, 0.25) is 0 Å². The van der Waals surface area contributed by atoms with E-state index in [-0.39, 0.29) is 16.7 Å². The fraction of sp³-hybridized carbons (Fsp3) is 0.149. The third-order valence-electron chi connectivity index (χ3n) is 10.3. The summed E-state index contributed by atoms with van der Waals surface area (Å²) in [6, 6.07) is 42.2. The quantitative estimate of drug-likeness (QED) is 0.142. The Labute approximate surface area is 331 Å². The first kappa shape index (κ1) is 36.1. The maximum Gasteiger partial charge on any atom is 0.198 e. The van der Waals surface area contributed by atoms with Crippen molar-refractivity contribution in [2.24, 2.45) is 0 Å². The highest BCUT2D eigenvalue weighted by Gasteiger charge is 2.29. The summed E-state index contributed by atoms with van der Waals surface area (Å²) < 4.78 is 24.7. The van der Waals surface area contributed by atoms with Gasteiger partial charge < -0.3 is 28.7 Å². The standard InChI is InChI=1S/C47H34N6O4/c1-47(2,35-12-17-45-33(19-35)27-52(29-54-45)37-7-5-9-39(22-37)56-41-14-11-31(25-48)32(21-41)26-49)36-13-18-46-34(20-36)28-53(30-55-46)38-8-6-10-40(23-38)57-42-15-16-43(50-3)44(24-42)51-4/h5-24H,27-30H2,1-2H3. The molecule has 0 unspecified atom stereocenters. The Morgan fingerprint density at radius 2 is 1.09 bits per heavy atom. The van der Waals surface area contributed by atoms with Gasteiger partial charge in [-0.15, -0.1) is 0 Å². The molecule has 8 rings (SSSR count). The molecule has 10 heteroatoms. The lowest BCUT2D eigenvalue weighted by Gasteiger charge is -2.34. The van der Waals surface area contributed by atoms with Gasteiger partial charge >= 0.3 is 0 Å². The highest BCUT2D eigenvalue weighted by molar-refractivity contribution is 5.72. The van der Waals surface area contributed by atoms with Crippen LogP contribution in [-0.4, -0.2) is 13.5 Å². The molecule has 276 valence electrons. The molecule has 0 atom stereocenters. The molecule has 2 aliphatic rings. The van der Waals surface area contributed by atoms with Gasteiger partial charge in [-0.25, -0.2) is 4.85 Å². The van der Waals surface area contributed by atoms with Crippen molar-refractivity contribution in [2.45, 2.75) is 32.4 Å². The van der Waals surface area contributed by atoms with Crippen molar-refractivity contribution in [3.63, 3.8) is 0 Å². The normalized spacial score (nSPS) is 12.9. The van der Waals surface area contributed by atoms with Gasteiger partial charge in [-0.05, 0) is 90.0 Å². The van der Waals surface area contributed by atoms with E-state index in [1.54, 1.807) is 36.4 Å². The number of hydrogen-bond donors (Lipinski definition) is 0. The summed E-state index contributed by atoms with van der Waals surface area (Å²) in [7, 11) is 0. The Morgan fingerprint density at radius 1 is 0.579 bits per heavy atom. The van der Waals surface area contributed by atoms with Crippen LogP contribution in [0.1, 0.15) is 47.2 Å². The van der Waals surface area contributed by atoms with E-state index in [1.807, 2.05) is 54.6 Å². The molecule has 2 heterocycles. The van der Waals surface area contributed by atoms with E-state index in [9.17, 15) is 10.5 Å². The second kappa shape index (κ2) is 15.1. The van der Waals surface area contributed by atoms with E-state index in [4.69, 9.17) is 32.1 Å². The van der Waals surface area contributed by atoms with Gasteiger partial charge in [-0.3, -0.25) is 4.85 Å². The van der Waals surface area contributed by atoms with E-state index in [0.29, 0.717) is 60.8 Å². The van der Waals surface area contributed by atoms with Gasteiger partial charge in [0.25, 0.3) is 0 Å². The molecule has 0 saturated carbocycles. The molecule has 10 nitrogen and oxygen atoms in total. The molecular formula is C47H34N6O4. The SMILES string of the molecule is [C-]#[N+]c1ccc(Oc2cccc(N3COc4ccc(C(C)(C)c5ccc6c(c5)CN(c5cccc(Oc7ccc(C#N)c(C#N)c7)c5)CO6)cc4C3)c2)cc1[N+]#[C-]. The highest BCUT2D eigenvalue weighted by Crippen LogP contribution is 2.40. The van der Waals surface area contributed by atoms with Crippen LogP contribution in [0.5, 0.6) is 34.5 Å². The van der Waals surface area contributed by atoms with E-state index in [1.165, 1.54) is 0 Å². The van der Waals surface area contributed by atoms with Crippen LogP contribution in [0.25, 0.3) is 9.69 Å². The monoisotopic (exact) mass is 746 g/mol. The van der Waals surface area contributed by atoms with E-state index in [0.717, 1.165) is 45.1 Å². The van der Waals surface area contributed by atoms with Crippen LogP contribution in [-0.2, 0) is 18.5 Å². The lowest BCUT2D eigenvalue weighted by molar-refractivity contribution is 0.288. The van der Waals surface area contributed by atoms with Crippen molar-refractivity contribution in [3.05, 3.63) is 178 Å². The first-order chi connectivity index (χ1) is 27.7. The van der Waals surface area contributed by atoms with Crippen LogP contribution in [0.4, 0.5) is 22.7 Å². The average Bonchev–Trinajstić information content (AvgIpc) is 3.25. The van der Waals surface area contributed by atoms with Crippen molar-refractivity contribution < 1.29 is 18.9 Å². The van der Waals surface area contributed by atoms with Crippen LogP contribution in [0.3, 0.4) is 0 Å². The van der Waals surface area contributed by atoms with Gasteiger partial charge in [0.05, 0.1) is 24.3 Å². The molecule has 6 aromatic rings. The fourth-order valence-corrected chi connectivity index (χ4v) is 7.05. The summed E-state index contributed by atoms with van der Waals surface area (Å²) in [5, 5.41) is 18.7. The molecular weight excluding hydrogens is 713 g/mol. The Balaban J connectivity index is 0.978. The van der Waals surface area contributed by atoms with E-state index < -0.39 is 0 Å². The molecule has 0 bridgehead atoms. The minimum atomic E-state index is -0.341. The Kier molecular flexibility index (Phi) is 9.54. The largest absolute Gasteiger partial charge is 0.473 e. The number of hydrogen-bond acceptors (Lipinski definition) is 8. The molecule has 0 amide bonds. The molecule has 6 aromatic carbocycles. The summed E-state index contributed by atoms with van der Waals surface area (Å²) in [6.45, 7) is 21.2. The van der Waals surface area contributed by atoms with Gasteiger partial charge in [-0.2, -0.15) is 10.5 Å². The second-order valence-electron chi connectivity index (χ2n) is 14.2. The first-order valence-electron chi connectivity index (χ1n) is 18.2. The number of anilines is 2. The third-order valence-corrected chi connectivity index (χ3v) is 10.3. The van der Waals surface area contributed by atoms with Crippen molar-refractivity contribution in [1.29, 1.82) is 10.5 Å². The zero-order chi connectivity index (χ0) is 39.5. The Hall–Kier alpha value is -7.92. The number of nitriles is 2. The summed E-state index contributed by atoms with van der Waals surface area (Å²) >= 11 is 0.